The van der Waals surface area contributed by atoms with Gasteiger partial charge in [-0.05, 0) is 48.3 Å². The van der Waals surface area contributed by atoms with E-state index in [4.69, 9.17) is 0 Å². The molecule has 0 radical (unpaired) electrons. The molecule has 0 saturated carbocycles. The molecular weight excluding hydrogens is 532 g/mol. The summed E-state index contributed by atoms with van der Waals surface area (Å²) in [6, 6.07) is 28.3. The predicted octanol–water partition coefficient (Wildman–Crippen LogP) is 6.04. The third-order valence-electron chi connectivity index (χ3n) is 8.47. The summed E-state index contributed by atoms with van der Waals surface area (Å²) < 4.78 is 25.2. The molecule has 2 atom stereocenters. The van der Waals surface area contributed by atoms with Crippen molar-refractivity contribution in [2.24, 2.45) is 5.92 Å². The summed E-state index contributed by atoms with van der Waals surface area (Å²) in [6.45, 7) is 4.46. The molecule has 41 heavy (non-hydrogen) atoms. The van der Waals surface area contributed by atoms with Gasteiger partial charge in [-0.25, -0.2) is 8.42 Å². The highest BCUT2D eigenvalue weighted by Gasteiger charge is 2.44. The summed E-state index contributed by atoms with van der Waals surface area (Å²) in [5.41, 5.74) is 2.77. The van der Waals surface area contributed by atoms with Crippen LogP contribution < -0.4 is 5.32 Å². The number of nitrogens with one attached hydrogen (secondary N) is 1. The summed E-state index contributed by atoms with van der Waals surface area (Å²) in [6.07, 6.45) is 4.63. The third-order valence-corrected chi connectivity index (χ3v) is 10.7. The molecule has 1 heterocycles. The van der Waals surface area contributed by atoms with Gasteiger partial charge in [-0.3, -0.25) is 9.59 Å². The van der Waals surface area contributed by atoms with Crippen LogP contribution in [0.25, 0.3) is 0 Å². The van der Waals surface area contributed by atoms with Gasteiger partial charge in [0, 0.05) is 19.2 Å². The fourth-order valence-electron chi connectivity index (χ4n) is 6.35. The Morgan fingerprint density at radius 1 is 0.878 bits per heavy atom. The average Bonchev–Trinajstić information content (AvgIpc) is 3.47. The van der Waals surface area contributed by atoms with Crippen molar-refractivity contribution in [3.8, 4) is 0 Å². The molecule has 1 aliphatic heterocycles. The summed E-state index contributed by atoms with van der Waals surface area (Å²) in [5, 5.41) is 3.21. The van der Waals surface area contributed by atoms with E-state index in [1.165, 1.54) is 6.26 Å². The van der Waals surface area contributed by atoms with Gasteiger partial charge in [0.2, 0.25) is 11.8 Å². The summed E-state index contributed by atoms with van der Waals surface area (Å²) >= 11 is 0. The highest BCUT2D eigenvalue weighted by Crippen LogP contribution is 2.42. The maximum absolute atomic E-state index is 13.5. The minimum atomic E-state index is -3.42. The van der Waals surface area contributed by atoms with Crippen molar-refractivity contribution in [1.29, 1.82) is 0 Å². The Morgan fingerprint density at radius 3 is 1.93 bits per heavy atom. The normalized spacial score (nSPS) is 17.0. The smallest absolute Gasteiger partial charge is 0.243 e. The van der Waals surface area contributed by atoms with E-state index in [1.54, 1.807) is 4.90 Å². The molecule has 0 aliphatic carbocycles. The average molecular weight is 575 g/mol. The zero-order chi connectivity index (χ0) is 29.5. The lowest BCUT2D eigenvalue weighted by molar-refractivity contribution is -0.138. The molecule has 6 nitrogen and oxygen atoms in total. The highest BCUT2D eigenvalue weighted by atomic mass is 32.2. The quantitative estimate of drug-likeness (QED) is 0.267. The molecule has 4 rings (SSSR count). The molecule has 0 aromatic heterocycles. The first-order valence-corrected chi connectivity index (χ1v) is 16.5. The topological polar surface area (TPSA) is 83.6 Å². The second kappa shape index (κ2) is 13.5. The fraction of sp³-hybridized carbons (Fsp3) is 0.412. The number of hydrogen-bond acceptors (Lipinski definition) is 4. The van der Waals surface area contributed by atoms with Crippen LogP contribution in [0.2, 0.25) is 0 Å². The Bertz CT molecular complexity index is 1350. The number of carbonyl (C=O) groups excluding carboxylic acids is 2. The molecule has 0 bridgehead atoms. The van der Waals surface area contributed by atoms with Crippen molar-refractivity contribution >= 4 is 21.7 Å². The molecule has 2 amide bonds. The van der Waals surface area contributed by atoms with Crippen LogP contribution in [0.5, 0.6) is 0 Å². The zero-order valence-electron chi connectivity index (χ0n) is 24.3. The van der Waals surface area contributed by atoms with Gasteiger partial charge >= 0.3 is 0 Å². The van der Waals surface area contributed by atoms with Crippen LogP contribution in [0.3, 0.4) is 0 Å². The first-order valence-electron chi connectivity index (χ1n) is 14.6. The molecule has 1 unspecified atom stereocenters. The van der Waals surface area contributed by atoms with E-state index in [2.05, 4.69) is 5.32 Å². The van der Waals surface area contributed by atoms with E-state index >= 15 is 0 Å². The maximum atomic E-state index is 13.5. The molecule has 218 valence electrons. The van der Waals surface area contributed by atoms with E-state index in [0.717, 1.165) is 23.1 Å². The van der Waals surface area contributed by atoms with Crippen molar-refractivity contribution in [2.45, 2.75) is 69.2 Å². The Morgan fingerprint density at radius 2 is 1.41 bits per heavy atom. The maximum Gasteiger partial charge on any atom is 0.243 e. The lowest BCUT2D eigenvalue weighted by Crippen LogP contribution is -2.47. The number of unbranched alkanes of at least 4 members (excludes halogenated alkanes) is 1. The lowest BCUT2D eigenvalue weighted by Gasteiger charge is -2.36. The molecule has 1 N–H and O–H groups in total. The second-order valence-corrected chi connectivity index (χ2v) is 13.7. The van der Waals surface area contributed by atoms with Gasteiger partial charge in [0.25, 0.3) is 0 Å². The number of rotatable bonds is 12. The van der Waals surface area contributed by atoms with Crippen molar-refractivity contribution in [3.63, 3.8) is 0 Å². The number of carbonyl (C=O) groups is 2. The summed E-state index contributed by atoms with van der Waals surface area (Å²) in [5.74, 6) is -0.314. The first kappa shape index (κ1) is 30.5. The van der Waals surface area contributed by atoms with E-state index in [0.29, 0.717) is 32.2 Å². The van der Waals surface area contributed by atoms with E-state index < -0.39 is 20.6 Å². The van der Waals surface area contributed by atoms with E-state index in [-0.39, 0.29) is 30.2 Å². The molecule has 0 spiro atoms. The zero-order valence-corrected chi connectivity index (χ0v) is 25.1. The molecule has 1 aliphatic rings. The Balaban J connectivity index is 1.41. The molecule has 7 heteroatoms. The molecular formula is C34H42N2O4S. The number of benzene rings is 3. The third kappa shape index (κ3) is 6.89. The van der Waals surface area contributed by atoms with Gasteiger partial charge in [0.1, 0.15) is 6.04 Å². The van der Waals surface area contributed by atoms with Crippen LogP contribution in [0.15, 0.2) is 91.0 Å². The number of likely N-dealkylation sites (tertiary alicyclic amines) is 1. The van der Waals surface area contributed by atoms with Crippen LogP contribution in [-0.4, -0.2) is 44.0 Å². The number of amides is 2. The lowest BCUT2D eigenvalue weighted by atomic mass is 9.83. The predicted molar refractivity (Wildman–Crippen MR) is 164 cm³/mol. The Hall–Kier alpha value is -3.45. The van der Waals surface area contributed by atoms with Gasteiger partial charge in [-0.1, -0.05) is 111 Å². The number of sulfone groups is 1. The molecule has 3 aromatic carbocycles. The molecule has 3 aromatic rings. The van der Waals surface area contributed by atoms with Crippen molar-refractivity contribution in [1.82, 2.24) is 10.2 Å². The van der Waals surface area contributed by atoms with Gasteiger partial charge in [-0.15, -0.1) is 0 Å². The van der Waals surface area contributed by atoms with E-state index in [1.807, 2.05) is 105 Å². The van der Waals surface area contributed by atoms with Gasteiger partial charge in [-0.2, -0.15) is 0 Å². The molecule has 1 fully saturated rings. The fourth-order valence-corrected chi connectivity index (χ4v) is 8.28. The Kier molecular flexibility index (Phi) is 10.0. The van der Waals surface area contributed by atoms with Gasteiger partial charge in [0.15, 0.2) is 9.84 Å². The van der Waals surface area contributed by atoms with Crippen LogP contribution in [-0.2, 0) is 24.2 Å². The Labute approximate surface area is 245 Å². The first-order chi connectivity index (χ1) is 19.6. The minimum absolute atomic E-state index is 0.0483. The summed E-state index contributed by atoms with van der Waals surface area (Å²) in [4.78, 5) is 28.6. The SMILES string of the molecule is CC(C)C(CCCCC(=O)N1CCC[C@@H]1C(=O)NC(c1ccccc1)c1ccccc1)(c1ccccc1)S(C)(=O)=O. The standard InChI is InChI=1S/C34H42N2O4S/c1-26(2)34(41(3,39)40,29-20-11-6-12-21-29)24-14-13-23-31(37)36-25-15-22-30(36)33(38)35-32(27-16-7-4-8-17-27)28-18-9-5-10-19-28/h4-12,16-21,26,30,32H,13-15,22-25H2,1-3H3,(H,35,38)/t30-,34?/m1/s1. The van der Waals surface area contributed by atoms with Crippen molar-refractivity contribution in [3.05, 3.63) is 108 Å². The van der Waals surface area contributed by atoms with Crippen LogP contribution >= 0.6 is 0 Å². The highest BCUT2D eigenvalue weighted by molar-refractivity contribution is 7.91. The van der Waals surface area contributed by atoms with Crippen LogP contribution in [0.4, 0.5) is 0 Å². The van der Waals surface area contributed by atoms with Crippen molar-refractivity contribution in [2.75, 3.05) is 12.8 Å². The second-order valence-electron chi connectivity index (χ2n) is 11.4. The van der Waals surface area contributed by atoms with Gasteiger partial charge in [0.05, 0.1) is 10.8 Å². The van der Waals surface area contributed by atoms with Crippen LogP contribution in [0.1, 0.15) is 75.1 Å². The number of nitrogens with zero attached hydrogens (tertiary/aromatic N) is 1. The van der Waals surface area contributed by atoms with Gasteiger partial charge < -0.3 is 10.2 Å². The summed E-state index contributed by atoms with van der Waals surface area (Å²) in [7, 11) is -3.42. The largest absolute Gasteiger partial charge is 0.343 e. The van der Waals surface area contributed by atoms with Crippen LogP contribution in [0, 0.1) is 5.92 Å². The monoisotopic (exact) mass is 574 g/mol. The van der Waals surface area contributed by atoms with E-state index in [9.17, 15) is 18.0 Å². The molecule has 1 saturated heterocycles. The minimum Gasteiger partial charge on any atom is -0.343 e. The van der Waals surface area contributed by atoms with Crippen molar-refractivity contribution < 1.29 is 18.0 Å². The number of hydrogen-bond donors (Lipinski definition) is 1.